The zero-order valence-electron chi connectivity index (χ0n) is 25.2. The van der Waals surface area contributed by atoms with Gasteiger partial charge in [0, 0.05) is 25.0 Å². The topological polar surface area (TPSA) is 38.8 Å². The number of rotatable bonds is 7. The fourth-order valence-electron chi connectivity index (χ4n) is 8.41. The molecule has 0 aromatic heterocycles. The first-order chi connectivity index (χ1) is 20.8. The molecule has 2 heterocycles. The summed E-state index contributed by atoms with van der Waals surface area (Å²) in [6.45, 7) is 4.54. The van der Waals surface area contributed by atoms with Gasteiger partial charge in [0.1, 0.15) is 11.9 Å². The Balaban J connectivity index is 1.20. The van der Waals surface area contributed by atoms with Crippen molar-refractivity contribution in [2.75, 3.05) is 20.2 Å². The van der Waals surface area contributed by atoms with Gasteiger partial charge in [-0.1, -0.05) is 19.1 Å². The van der Waals surface area contributed by atoms with Crippen LogP contribution in [0.2, 0.25) is 0 Å². The van der Waals surface area contributed by atoms with E-state index in [4.69, 9.17) is 9.47 Å². The molecule has 0 N–H and O–H groups in total. The van der Waals surface area contributed by atoms with Crippen LogP contribution in [0.3, 0.4) is 0 Å². The van der Waals surface area contributed by atoms with Crippen LogP contribution in [0, 0.1) is 29.6 Å². The molecule has 240 valence electrons. The van der Waals surface area contributed by atoms with Crippen molar-refractivity contribution in [2.45, 2.75) is 82.8 Å². The molecule has 0 amide bonds. The number of hydrogen-bond acceptors (Lipinski definition) is 4. The number of methoxy groups -OCH3 is 1. The number of esters is 1. The van der Waals surface area contributed by atoms with Gasteiger partial charge >= 0.3 is 18.3 Å². The smallest absolute Gasteiger partial charge is 0.416 e. The fourth-order valence-corrected chi connectivity index (χ4v) is 8.41. The van der Waals surface area contributed by atoms with Crippen LogP contribution in [0.4, 0.5) is 26.3 Å². The molecule has 2 aromatic rings. The summed E-state index contributed by atoms with van der Waals surface area (Å²) >= 11 is 0. The van der Waals surface area contributed by atoms with Crippen molar-refractivity contribution in [3.63, 3.8) is 0 Å². The number of piperidine rings is 1. The zero-order valence-corrected chi connectivity index (χ0v) is 25.2. The van der Waals surface area contributed by atoms with Crippen LogP contribution in [0.1, 0.15) is 85.7 Å². The van der Waals surface area contributed by atoms with Crippen molar-refractivity contribution in [3.8, 4) is 5.75 Å². The summed E-state index contributed by atoms with van der Waals surface area (Å²) in [5.41, 5.74) is -0.192. The SMILES string of the molecule is COC(=O)[C@@H](C)[C@H](c1ccc2c(c1)OC(C1[C@@H]3CC[C@@H]1CN([C@H](C)c1cc(C(F)(F)F)ccc1C(F)(F)F)C3)CC2)C1CC1. The van der Waals surface area contributed by atoms with Gasteiger partial charge in [-0.15, -0.1) is 0 Å². The number of halogens is 6. The van der Waals surface area contributed by atoms with Gasteiger partial charge in [0.05, 0.1) is 24.2 Å². The van der Waals surface area contributed by atoms with Gasteiger partial charge in [-0.2, -0.15) is 26.3 Å². The number of fused-ring (bicyclic) bond motifs is 3. The standard InChI is InChI=1S/C34H39F6NO3/c1-18(32(42)43-3)30(21-5-6-21)22-7-4-20-10-13-28(44-29(20)14-22)31-23-8-9-24(31)17-41(16-23)19(2)26-15-25(33(35,36)37)11-12-27(26)34(38,39)40/h4,7,11-12,14-15,18-19,21,23-24,28,30-31H,5-6,8-10,13,16-17H2,1-3H3/t18-,19+,23+,24+,28?,30-/m0/s1. The van der Waals surface area contributed by atoms with E-state index in [1.54, 1.807) is 6.92 Å². The first kappa shape index (κ1) is 31.2. The molecule has 3 fully saturated rings. The molecular weight excluding hydrogens is 584 g/mol. The van der Waals surface area contributed by atoms with Crippen molar-refractivity contribution >= 4 is 5.97 Å². The molecule has 0 radical (unpaired) electrons. The number of carbonyl (C=O) groups is 1. The number of benzene rings is 2. The summed E-state index contributed by atoms with van der Waals surface area (Å²) in [6.07, 6.45) is -3.82. The Morgan fingerprint density at radius 2 is 1.59 bits per heavy atom. The second-order valence-corrected chi connectivity index (χ2v) is 13.3. The number of alkyl halides is 6. The molecule has 6 atom stereocenters. The summed E-state index contributed by atoms with van der Waals surface area (Å²) in [7, 11) is 1.42. The number of hydrogen-bond donors (Lipinski definition) is 0. The number of nitrogens with zero attached hydrogens (tertiary/aromatic N) is 1. The highest BCUT2D eigenvalue weighted by atomic mass is 19.4. The minimum atomic E-state index is -4.75. The third kappa shape index (κ3) is 5.95. The maximum Gasteiger partial charge on any atom is 0.416 e. The van der Waals surface area contributed by atoms with Crippen molar-refractivity contribution in [3.05, 3.63) is 64.2 Å². The van der Waals surface area contributed by atoms with E-state index >= 15 is 0 Å². The lowest BCUT2D eigenvalue weighted by Crippen LogP contribution is -2.49. The largest absolute Gasteiger partial charge is 0.490 e. The van der Waals surface area contributed by atoms with Crippen molar-refractivity contribution in [1.29, 1.82) is 0 Å². The molecular formula is C34H39F6NO3. The molecule has 44 heavy (non-hydrogen) atoms. The number of aryl methyl sites for hydroxylation is 1. The van der Waals surface area contributed by atoms with E-state index in [-0.39, 0.29) is 47.2 Å². The summed E-state index contributed by atoms with van der Waals surface area (Å²) in [5.74, 6) is 1.47. The van der Waals surface area contributed by atoms with E-state index in [1.165, 1.54) is 7.11 Å². The van der Waals surface area contributed by atoms with Gasteiger partial charge in [0.25, 0.3) is 0 Å². The van der Waals surface area contributed by atoms with Crippen LogP contribution in [-0.2, 0) is 28.3 Å². The number of likely N-dealkylation sites (tertiary alicyclic amines) is 1. The predicted molar refractivity (Wildman–Crippen MR) is 152 cm³/mol. The van der Waals surface area contributed by atoms with E-state index in [0.717, 1.165) is 55.4 Å². The third-order valence-electron chi connectivity index (χ3n) is 10.7. The average molecular weight is 624 g/mol. The van der Waals surface area contributed by atoms with Crippen LogP contribution < -0.4 is 4.74 Å². The minimum Gasteiger partial charge on any atom is -0.490 e. The second kappa shape index (κ2) is 11.6. The molecule has 2 bridgehead atoms. The van der Waals surface area contributed by atoms with Crippen molar-refractivity contribution in [1.82, 2.24) is 4.90 Å². The Hall–Kier alpha value is -2.75. The van der Waals surface area contributed by atoms with E-state index in [9.17, 15) is 31.1 Å². The van der Waals surface area contributed by atoms with Gasteiger partial charge in [-0.3, -0.25) is 9.69 Å². The summed E-state index contributed by atoms with van der Waals surface area (Å²) in [5, 5.41) is 0. The molecule has 2 saturated carbocycles. The highest BCUT2D eigenvalue weighted by Gasteiger charge is 2.49. The number of ether oxygens (including phenoxy) is 2. The lowest BCUT2D eigenvalue weighted by molar-refractivity contribution is -0.146. The molecule has 1 saturated heterocycles. The van der Waals surface area contributed by atoms with Gasteiger partial charge in [-0.25, -0.2) is 0 Å². The van der Waals surface area contributed by atoms with Gasteiger partial charge in [0.15, 0.2) is 0 Å². The Bertz CT molecular complexity index is 1370. The Kier molecular flexibility index (Phi) is 8.21. The molecule has 10 heteroatoms. The van der Waals surface area contributed by atoms with Gasteiger partial charge in [0.2, 0.25) is 0 Å². The van der Waals surface area contributed by atoms with E-state index in [2.05, 4.69) is 18.2 Å². The summed E-state index contributed by atoms with van der Waals surface area (Å²) < 4.78 is 93.8. The van der Waals surface area contributed by atoms with Crippen molar-refractivity contribution < 1.29 is 40.6 Å². The predicted octanol–water partition coefficient (Wildman–Crippen LogP) is 8.44. The summed E-state index contributed by atoms with van der Waals surface area (Å²) in [6, 6.07) is 7.25. The van der Waals surface area contributed by atoms with Crippen LogP contribution >= 0.6 is 0 Å². The molecule has 0 spiro atoms. The van der Waals surface area contributed by atoms with Crippen LogP contribution in [0.25, 0.3) is 0 Å². The van der Waals surface area contributed by atoms with Crippen molar-refractivity contribution in [2.24, 2.45) is 29.6 Å². The first-order valence-electron chi connectivity index (χ1n) is 15.7. The summed E-state index contributed by atoms with van der Waals surface area (Å²) in [4.78, 5) is 14.4. The van der Waals surface area contributed by atoms with E-state index in [0.29, 0.717) is 37.2 Å². The first-order valence-corrected chi connectivity index (χ1v) is 15.7. The maximum atomic E-state index is 13.9. The lowest BCUT2D eigenvalue weighted by atomic mass is 9.77. The Labute approximate surface area is 254 Å². The normalized spacial score (nSPS) is 27.7. The fraction of sp³-hybridized carbons (Fsp3) is 0.618. The monoisotopic (exact) mass is 623 g/mol. The Morgan fingerprint density at radius 1 is 0.909 bits per heavy atom. The van der Waals surface area contributed by atoms with E-state index < -0.39 is 29.5 Å². The maximum absolute atomic E-state index is 13.9. The molecule has 4 aliphatic rings. The average Bonchev–Trinajstić information content (AvgIpc) is 3.78. The molecule has 2 aliphatic heterocycles. The highest BCUT2D eigenvalue weighted by Crippen LogP contribution is 2.51. The van der Waals surface area contributed by atoms with Gasteiger partial charge in [-0.05, 0) is 110 Å². The third-order valence-corrected chi connectivity index (χ3v) is 10.7. The van der Waals surface area contributed by atoms with Crippen LogP contribution in [-0.4, -0.2) is 37.2 Å². The van der Waals surface area contributed by atoms with E-state index in [1.807, 2.05) is 11.8 Å². The molecule has 4 nitrogen and oxygen atoms in total. The molecule has 6 rings (SSSR count). The van der Waals surface area contributed by atoms with Crippen LogP contribution in [0.5, 0.6) is 5.75 Å². The molecule has 2 aliphatic carbocycles. The molecule has 1 unspecified atom stereocenters. The van der Waals surface area contributed by atoms with Gasteiger partial charge < -0.3 is 9.47 Å². The lowest BCUT2D eigenvalue weighted by Gasteiger charge is -2.45. The quantitative estimate of drug-likeness (QED) is 0.229. The number of carbonyl (C=O) groups excluding carboxylic acids is 1. The molecule has 2 aromatic carbocycles. The highest BCUT2D eigenvalue weighted by molar-refractivity contribution is 5.73. The van der Waals surface area contributed by atoms with Crippen LogP contribution in [0.15, 0.2) is 36.4 Å². The second-order valence-electron chi connectivity index (χ2n) is 13.3. The zero-order chi connectivity index (χ0) is 31.6. The minimum absolute atomic E-state index is 0.0376. The Morgan fingerprint density at radius 3 is 2.18 bits per heavy atom.